The summed E-state index contributed by atoms with van der Waals surface area (Å²) in [5.41, 5.74) is 1.71. The number of pyridine rings is 1. The number of likely N-dealkylation sites (N-methyl/N-ethyl adjacent to an activating group) is 1. The minimum atomic E-state index is -4.50. The van der Waals surface area contributed by atoms with Crippen LogP contribution >= 0.6 is 0 Å². The second-order valence-corrected chi connectivity index (χ2v) is 8.05. The second-order valence-electron chi connectivity index (χ2n) is 8.05. The number of carbonyl (C=O) groups is 1. The molecular weight excluding hydrogens is 446 g/mol. The molecule has 3 aromatic rings. The summed E-state index contributed by atoms with van der Waals surface area (Å²) >= 11 is 0. The minimum Gasteiger partial charge on any atom is -0.355 e. The first kappa shape index (κ1) is 25.4. The number of aromatic nitrogens is 1. The van der Waals surface area contributed by atoms with Crippen LogP contribution in [-0.4, -0.2) is 17.4 Å². The van der Waals surface area contributed by atoms with E-state index in [9.17, 15) is 22.4 Å². The van der Waals surface area contributed by atoms with E-state index >= 15 is 0 Å². The Morgan fingerprint density at radius 3 is 2.35 bits per heavy atom. The summed E-state index contributed by atoms with van der Waals surface area (Å²) in [6.45, 7) is 3.95. The highest BCUT2D eigenvalue weighted by atomic mass is 19.4. The number of hydrogen-bond acceptors (Lipinski definition) is 3. The molecule has 34 heavy (non-hydrogen) atoms. The molecule has 2 N–H and O–H groups in total. The van der Waals surface area contributed by atoms with E-state index < -0.39 is 17.9 Å². The van der Waals surface area contributed by atoms with Crippen LogP contribution in [0.15, 0.2) is 66.9 Å². The van der Waals surface area contributed by atoms with Crippen molar-refractivity contribution in [1.29, 1.82) is 0 Å². The average Bonchev–Trinajstić information content (AvgIpc) is 2.81. The van der Waals surface area contributed by atoms with Crippen LogP contribution in [0.2, 0.25) is 0 Å². The first-order chi connectivity index (χ1) is 16.2. The lowest BCUT2D eigenvalue weighted by atomic mass is 9.95. The number of rotatable bonds is 9. The topological polar surface area (TPSA) is 54.0 Å². The van der Waals surface area contributed by atoms with Crippen LogP contribution in [0.1, 0.15) is 53.4 Å². The van der Waals surface area contributed by atoms with Gasteiger partial charge in [-0.1, -0.05) is 48.5 Å². The van der Waals surface area contributed by atoms with Gasteiger partial charge in [-0.15, -0.1) is 0 Å². The Bertz CT molecular complexity index is 1090. The summed E-state index contributed by atoms with van der Waals surface area (Å²) in [5, 5.41) is 6.23. The fourth-order valence-electron chi connectivity index (χ4n) is 3.73. The number of halogens is 4. The predicted molar refractivity (Wildman–Crippen MR) is 122 cm³/mol. The summed E-state index contributed by atoms with van der Waals surface area (Å²) in [4.78, 5) is 16.4. The highest BCUT2D eigenvalue weighted by Gasteiger charge is 2.32. The smallest absolute Gasteiger partial charge is 0.355 e. The molecule has 180 valence electrons. The number of aryl methyl sites for hydroxylation is 2. The number of carbonyl (C=O) groups excluding carboxylic acids is 1. The minimum absolute atomic E-state index is 0.200. The Morgan fingerprint density at radius 2 is 1.76 bits per heavy atom. The zero-order valence-electron chi connectivity index (χ0n) is 19.0. The van der Waals surface area contributed by atoms with Crippen LogP contribution in [0.4, 0.5) is 17.6 Å². The largest absolute Gasteiger partial charge is 0.433 e. The molecular formula is C26H27F4N3O. The number of benzene rings is 2. The third kappa shape index (κ3) is 6.63. The number of amides is 1. The van der Waals surface area contributed by atoms with E-state index in [0.717, 1.165) is 17.2 Å². The van der Waals surface area contributed by atoms with Crippen LogP contribution in [0.5, 0.6) is 0 Å². The lowest BCUT2D eigenvalue weighted by Crippen LogP contribution is -2.39. The van der Waals surface area contributed by atoms with Gasteiger partial charge >= 0.3 is 6.18 Å². The molecule has 0 aliphatic heterocycles. The molecule has 2 atom stereocenters. The fourth-order valence-corrected chi connectivity index (χ4v) is 3.73. The van der Waals surface area contributed by atoms with E-state index in [1.165, 1.54) is 18.3 Å². The standard InChI is InChI=1S/C26H27F4N3O/c1-3-31-25(34)24(19-7-5-4-6-8-19)33-22(20-11-12-21(27)17(2)15-20)13-9-18-10-14-23(32-16-18)26(28,29)30/h4-8,10-12,14-16,22,24,33H,3,9,13H2,1-2H3,(H,31,34)/t22-,24?/m1/s1. The Hall–Kier alpha value is -3.26. The maximum absolute atomic E-state index is 13.9. The molecule has 2 aromatic carbocycles. The maximum atomic E-state index is 13.9. The Morgan fingerprint density at radius 1 is 1.03 bits per heavy atom. The van der Waals surface area contributed by atoms with Crippen LogP contribution < -0.4 is 10.6 Å². The van der Waals surface area contributed by atoms with E-state index in [0.29, 0.717) is 30.5 Å². The predicted octanol–water partition coefficient (Wildman–Crippen LogP) is 5.69. The van der Waals surface area contributed by atoms with Gasteiger partial charge in [0.25, 0.3) is 0 Å². The van der Waals surface area contributed by atoms with Crippen molar-refractivity contribution in [1.82, 2.24) is 15.6 Å². The number of nitrogens with zero attached hydrogens (tertiary/aromatic N) is 1. The van der Waals surface area contributed by atoms with Crippen LogP contribution in [0.25, 0.3) is 0 Å². The zero-order chi connectivity index (χ0) is 24.7. The van der Waals surface area contributed by atoms with Crippen molar-refractivity contribution in [2.45, 2.75) is 44.9 Å². The van der Waals surface area contributed by atoms with Gasteiger partial charge in [0.1, 0.15) is 17.6 Å². The Kier molecular flexibility index (Phi) is 8.39. The molecule has 1 unspecified atom stereocenters. The number of nitrogens with one attached hydrogen (secondary N) is 2. The highest BCUT2D eigenvalue weighted by Crippen LogP contribution is 2.29. The van der Waals surface area contributed by atoms with Gasteiger partial charge in [0.15, 0.2) is 0 Å². The molecule has 1 heterocycles. The molecule has 0 aliphatic rings. The summed E-state index contributed by atoms with van der Waals surface area (Å²) in [5.74, 6) is -0.536. The number of alkyl halides is 3. The quantitative estimate of drug-likeness (QED) is 0.393. The lowest BCUT2D eigenvalue weighted by Gasteiger charge is -2.26. The zero-order valence-corrected chi connectivity index (χ0v) is 19.0. The van der Waals surface area contributed by atoms with Crippen molar-refractivity contribution >= 4 is 5.91 Å². The van der Waals surface area contributed by atoms with Gasteiger partial charge in [-0.2, -0.15) is 13.2 Å². The van der Waals surface area contributed by atoms with E-state index in [1.807, 2.05) is 37.3 Å². The van der Waals surface area contributed by atoms with Crippen molar-refractivity contribution < 1.29 is 22.4 Å². The van der Waals surface area contributed by atoms with E-state index in [-0.39, 0.29) is 17.8 Å². The van der Waals surface area contributed by atoms with Crippen LogP contribution in [0.3, 0.4) is 0 Å². The van der Waals surface area contributed by atoms with Gasteiger partial charge in [-0.25, -0.2) is 4.39 Å². The lowest BCUT2D eigenvalue weighted by molar-refractivity contribution is -0.141. The van der Waals surface area contributed by atoms with Crippen molar-refractivity contribution in [3.05, 3.63) is 101 Å². The van der Waals surface area contributed by atoms with Crippen molar-refractivity contribution in [2.24, 2.45) is 0 Å². The molecule has 1 amide bonds. The summed E-state index contributed by atoms with van der Waals surface area (Å²) in [6.07, 6.45) is -2.41. The van der Waals surface area contributed by atoms with Gasteiger partial charge in [-0.3, -0.25) is 15.1 Å². The van der Waals surface area contributed by atoms with E-state index in [1.54, 1.807) is 19.1 Å². The van der Waals surface area contributed by atoms with Crippen LogP contribution in [0, 0.1) is 12.7 Å². The van der Waals surface area contributed by atoms with Gasteiger partial charge in [-0.05, 0) is 61.1 Å². The third-order valence-corrected chi connectivity index (χ3v) is 5.54. The molecule has 0 bridgehead atoms. The maximum Gasteiger partial charge on any atom is 0.433 e. The van der Waals surface area contributed by atoms with Crippen LogP contribution in [-0.2, 0) is 17.4 Å². The monoisotopic (exact) mass is 473 g/mol. The van der Waals surface area contributed by atoms with Gasteiger partial charge in [0.2, 0.25) is 5.91 Å². The first-order valence-electron chi connectivity index (χ1n) is 11.1. The van der Waals surface area contributed by atoms with E-state index in [4.69, 9.17) is 0 Å². The molecule has 3 rings (SSSR count). The average molecular weight is 474 g/mol. The molecule has 0 radical (unpaired) electrons. The molecule has 0 saturated carbocycles. The summed E-state index contributed by atoms with van der Waals surface area (Å²) in [6, 6.07) is 15.3. The van der Waals surface area contributed by atoms with Gasteiger partial charge in [0, 0.05) is 18.8 Å². The van der Waals surface area contributed by atoms with Gasteiger partial charge < -0.3 is 5.32 Å². The van der Waals surface area contributed by atoms with Crippen molar-refractivity contribution in [2.75, 3.05) is 6.54 Å². The molecule has 4 nitrogen and oxygen atoms in total. The molecule has 0 spiro atoms. The summed E-state index contributed by atoms with van der Waals surface area (Å²) < 4.78 is 52.4. The summed E-state index contributed by atoms with van der Waals surface area (Å²) in [7, 11) is 0. The molecule has 0 fully saturated rings. The second kappa shape index (κ2) is 11.2. The third-order valence-electron chi connectivity index (χ3n) is 5.54. The first-order valence-corrected chi connectivity index (χ1v) is 11.1. The van der Waals surface area contributed by atoms with Crippen molar-refractivity contribution in [3.8, 4) is 0 Å². The van der Waals surface area contributed by atoms with Crippen molar-refractivity contribution in [3.63, 3.8) is 0 Å². The molecule has 1 aromatic heterocycles. The highest BCUT2D eigenvalue weighted by molar-refractivity contribution is 5.83. The fraction of sp³-hybridized carbons (Fsp3) is 0.308. The normalized spacial score (nSPS) is 13.4. The molecule has 8 heteroatoms. The molecule has 0 saturated heterocycles. The SMILES string of the molecule is CCNC(=O)C(N[C@H](CCc1ccc(C(F)(F)F)nc1)c1ccc(F)c(C)c1)c1ccccc1. The van der Waals surface area contributed by atoms with Gasteiger partial charge in [0.05, 0.1) is 0 Å². The van der Waals surface area contributed by atoms with E-state index in [2.05, 4.69) is 15.6 Å². The molecule has 0 aliphatic carbocycles. The number of hydrogen-bond donors (Lipinski definition) is 2. The Balaban J connectivity index is 1.88. The Labute approximate surface area is 196 Å².